The van der Waals surface area contributed by atoms with Crippen molar-refractivity contribution in [2.45, 2.75) is 34.1 Å². The van der Waals surface area contributed by atoms with Crippen molar-refractivity contribution in [3.63, 3.8) is 0 Å². The maximum Gasteiger partial charge on any atom is 0.229 e. The Kier molecular flexibility index (Phi) is 4.62. The number of hydrogen-bond donors (Lipinski definition) is 1. The molecule has 1 aliphatic rings. The van der Waals surface area contributed by atoms with Gasteiger partial charge in [-0.1, -0.05) is 24.3 Å². The molecular formula is C21H24N2O2. The van der Waals surface area contributed by atoms with Crippen molar-refractivity contribution >= 4 is 23.2 Å². The maximum absolute atomic E-state index is 12.7. The summed E-state index contributed by atoms with van der Waals surface area (Å²) in [5.41, 5.74) is 6.09. The lowest BCUT2D eigenvalue weighted by molar-refractivity contribution is -0.122. The zero-order valence-electron chi connectivity index (χ0n) is 15.2. The number of nitrogens with one attached hydrogen (secondary N) is 1. The molecule has 1 N–H and O–H groups in total. The fourth-order valence-electron chi connectivity index (χ4n) is 3.25. The summed E-state index contributed by atoms with van der Waals surface area (Å²) in [6.07, 6.45) is 0.254. The Bertz CT molecular complexity index is 842. The summed E-state index contributed by atoms with van der Waals surface area (Å²) in [5.74, 6) is -0.406. The van der Waals surface area contributed by atoms with E-state index in [-0.39, 0.29) is 24.2 Å². The van der Waals surface area contributed by atoms with Gasteiger partial charge in [-0.05, 0) is 62.1 Å². The van der Waals surface area contributed by atoms with Crippen LogP contribution in [0.3, 0.4) is 0 Å². The van der Waals surface area contributed by atoms with Gasteiger partial charge in [-0.15, -0.1) is 0 Å². The summed E-state index contributed by atoms with van der Waals surface area (Å²) >= 11 is 0. The molecule has 130 valence electrons. The lowest BCUT2D eigenvalue weighted by Crippen LogP contribution is -2.28. The smallest absolute Gasteiger partial charge is 0.229 e. The molecule has 1 heterocycles. The largest absolute Gasteiger partial charge is 0.326 e. The van der Waals surface area contributed by atoms with Gasteiger partial charge in [-0.3, -0.25) is 9.59 Å². The minimum Gasteiger partial charge on any atom is -0.326 e. The van der Waals surface area contributed by atoms with Crippen LogP contribution >= 0.6 is 0 Å². The molecule has 25 heavy (non-hydrogen) atoms. The molecule has 0 unspecified atom stereocenters. The second-order valence-electron chi connectivity index (χ2n) is 6.93. The number of carbonyl (C=O) groups excluding carboxylic acids is 2. The number of carbonyl (C=O) groups is 2. The van der Waals surface area contributed by atoms with Crippen LogP contribution in [-0.2, 0) is 9.59 Å². The van der Waals surface area contributed by atoms with E-state index in [9.17, 15) is 9.59 Å². The first-order valence-corrected chi connectivity index (χ1v) is 8.61. The Hall–Kier alpha value is -2.62. The highest BCUT2D eigenvalue weighted by Crippen LogP contribution is 2.29. The van der Waals surface area contributed by atoms with Gasteiger partial charge < -0.3 is 10.2 Å². The standard InChI is InChI=1S/C21H24N2O2/c1-13-8-9-15(3)19(10-13)23-12-17(11-20(23)24)21(25)22-18-7-5-6-14(2)16(18)4/h5-10,17H,11-12H2,1-4H3,(H,22,25)/t17-/m1/s1. The Labute approximate surface area is 148 Å². The molecule has 1 saturated heterocycles. The van der Waals surface area contributed by atoms with Crippen LogP contribution in [0, 0.1) is 33.6 Å². The lowest BCUT2D eigenvalue weighted by Gasteiger charge is -2.20. The van der Waals surface area contributed by atoms with Crippen molar-refractivity contribution in [3.05, 3.63) is 58.7 Å². The molecule has 0 aliphatic carbocycles. The summed E-state index contributed by atoms with van der Waals surface area (Å²) in [4.78, 5) is 26.9. The van der Waals surface area contributed by atoms with Gasteiger partial charge in [0.25, 0.3) is 0 Å². The number of hydrogen-bond acceptors (Lipinski definition) is 2. The molecule has 2 aromatic rings. The summed E-state index contributed by atoms with van der Waals surface area (Å²) < 4.78 is 0. The highest BCUT2D eigenvalue weighted by atomic mass is 16.2. The van der Waals surface area contributed by atoms with Crippen molar-refractivity contribution in [1.29, 1.82) is 0 Å². The fraction of sp³-hybridized carbons (Fsp3) is 0.333. The first kappa shape index (κ1) is 17.2. The number of aryl methyl sites for hydroxylation is 3. The van der Waals surface area contributed by atoms with Crippen LogP contribution < -0.4 is 10.2 Å². The molecule has 4 nitrogen and oxygen atoms in total. The lowest BCUT2D eigenvalue weighted by atomic mass is 10.1. The van der Waals surface area contributed by atoms with Crippen LogP contribution in [0.2, 0.25) is 0 Å². The topological polar surface area (TPSA) is 49.4 Å². The van der Waals surface area contributed by atoms with Crippen LogP contribution in [0.15, 0.2) is 36.4 Å². The summed E-state index contributed by atoms with van der Waals surface area (Å²) in [6.45, 7) is 8.44. The van der Waals surface area contributed by atoms with Gasteiger partial charge in [-0.25, -0.2) is 0 Å². The third-order valence-corrected chi connectivity index (χ3v) is 5.01. The molecule has 1 atom stereocenters. The maximum atomic E-state index is 12.7. The molecule has 4 heteroatoms. The summed E-state index contributed by atoms with van der Waals surface area (Å²) in [7, 11) is 0. The number of rotatable bonds is 3. The first-order valence-electron chi connectivity index (χ1n) is 8.61. The second kappa shape index (κ2) is 6.71. The zero-order valence-corrected chi connectivity index (χ0v) is 15.2. The normalized spacial score (nSPS) is 17.0. The average molecular weight is 336 g/mol. The van der Waals surface area contributed by atoms with E-state index in [0.29, 0.717) is 6.54 Å². The average Bonchev–Trinajstić information content (AvgIpc) is 2.96. The summed E-state index contributed by atoms with van der Waals surface area (Å²) in [5, 5.41) is 2.99. The molecular weight excluding hydrogens is 312 g/mol. The van der Waals surface area contributed by atoms with Crippen molar-refractivity contribution in [2.75, 3.05) is 16.8 Å². The quantitative estimate of drug-likeness (QED) is 0.924. The predicted octanol–water partition coefficient (Wildman–Crippen LogP) is 3.91. The van der Waals surface area contributed by atoms with Crippen molar-refractivity contribution in [2.24, 2.45) is 5.92 Å². The Balaban J connectivity index is 1.77. The van der Waals surface area contributed by atoms with Gasteiger partial charge >= 0.3 is 0 Å². The minimum absolute atomic E-state index is 0.00909. The van der Waals surface area contributed by atoms with Crippen LogP contribution in [0.1, 0.15) is 28.7 Å². The van der Waals surface area contributed by atoms with Gasteiger partial charge in [0.2, 0.25) is 11.8 Å². The van der Waals surface area contributed by atoms with E-state index in [0.717, 1.165) is 33.6 Å². The molecule has 0 aromatic heterocycles. The van der Waals surface area contributed by atoms with Crippen molar-refractivity contribution < 1.29 is 9.59 Å². The second-order valence-corrected chi connectivity index (χ2v) is 6.93. The van der Waals surface area contributed by atoms with Gasteiger partial charge in [-0.2, -0.15) is 0 Å². The Morgan fingerprint density at radius 3 is 2.60 bits per heavy atom. The Morgan fingerprint density at radius 2 is 1.84 bits per heavy atom. The van der Waals surface area contributed by atoms with Gasteiger partial charge in [0.15, 0.2) is 0 Å². The predicted molar refractivity (Wildman–Crippen MR) is 101 cm³/mol. The van der Waals surface area contributed by atoms with E-state index in [1.807, 2.05) is 64.1 Å². The van der Waals surface area contributed by atoms with Gasteiger partial charge in [0.1, 0.15) is 0 Å². The van der Waals surface area contributed by atoms with Gasteiger partial charge in [0.05, 0.1) is 5.92 Å². The van der Waals surface area contributed by atoms with E-state index in [4.69, 9.17) is 0 Å². The van der Waals surface area contributed by atoms with Crippen molar-refractivity contribution in [1.82, 2.24) is 0 Å². The van der Waals surface area contributed by atoms with E-state index in [2.05, 4.69) is 5.32 Å². The molecule has 0 spiro atoms. The van der Waals surface area contributed by atoms with Crippen LogP contribution in [0.5, 0.6) is 0 Å². The molecule has 1 aliphatic heterocycles. The SMILES string of the molecule is Cc1ccc(C)c(N2C[C@H](C(=O)Nc3cccc(C)c3C)CC2=O)c1. The van der Waals surface area contributed by atoms with Crippen molar-refractivity contribution in [3.8, 4) is 0 Å². The van der Waals surface area contributed by atoms with E-state index in [1.54, 1.807) is 4.90 Å². The van der Waals surface area contributed by atoms with E-state index in [1.165, 1.54) is 0 Å². The molecule has 1 fully saturated rings. The fourth-order valence-corrected chi connectivity index (χ4v) is 3.25. The van der Waals surface area contributed by atoms with Crippen LogP contribution in [0.25, 0.3) is 0 Å². The monoisotopic (exact) mass is 336 g/mol. The molecule has 2 amide bonds. The third-order valence-electron chi connectivity index (χ3n) is 5.01. The molecule has 0 saturated carbocycles. The molecule has 3 rings (SSSR count). The van der Waals surface area contributed by atoms with E-state index < -0.39 is 0 Å². The van der Waals surface area contributed by atoms with Crippen LogP contribution in [-0.4, -0.2) is 18.4 Å². The zero-order chi connectivity index (χ0) is 18.1. The molecule has 0 bridgehead atoms. The first-order chi connectivity index (χ1) is 11.9. The highest BCUT2D eigenvalue weighted by Gasteiger charge is 2.35. The summed E-state index contributed by atoms with van der Waals surface area (Å²) in [6, 6.07) is 11.9. The number of nitrogens with zero attached hydrogens (tertiary/aromatic N) is 1. The molecule has 0 radical (unpaired) electrons. The number of anilines is 2. The highest BCUT2D eigenvalue weighted by molar-refractivity contribution is 6.04. The number of amides is 2. The Morgan fingerprint density at radius 1 is 1.08 bits per heavy atom. The minimum atomic E-state index is -0.327. The van der Waals surface area contributed by atoms with E-state index >= 15 is 0 Å². The van der Waals surface area contributed by atoms with Crippen LogP contribution in [0.4, 0.5) is 11.4 Å². The molecule has 2 aromatic carbocycles. The third kappa shape index (κ3) is 3.43. The number of benzene rings is 2. The van der Waals surface area contributed by atoms with Gasteiger partial charge in [0, 0.05) is 24.3 Å².